The molecule has 0 aromatic carbocycles. The largest absolute Gasteiger partial charge is 3.00 e. The molecule has 96 valence electrons. The van der Waals surface area contributed by atoms with E-state index >= 15 is 0 Å². The van der Waals surface area contributed by atoms with Crippen molar-refractivity contribution in [3.8, 4) is 0 Å². The molecule has 0 N–H and O–H groups in total. The van der Waals surface area contributed by atoms with Crippen LogP contribution in [0.3, 0.4) is 0 Å². The number of hydrogen-bond acceptors (Lipinski definition) is 12. The average Bonchev–Trinajstić information content (AvgIpc) is 1.41. The molecule has 0 aliphatic rings. The van der Waals surface area contributed by atoms with Crippen molar-refractivity contribution in [3.05, 3.63) is 0 Å². The predicted molar refractivity (Wildman–Crippen MR) is 62.7 cm³/mol. The van der Waals surface area contributed by atoms with Crippen LogP contribution >= 0.6 is 0 Å². The van der Waals surface area contributed by atoms with Crippen LogP contribution in [0.15, 0.2) is 0 Å². The quantitative estimate of drug-likeness (QED) is 0.367. The molecular formula is Al2O9S6. The topological polar surface area (TPSA) is 190 Å². The minimum Gasteiger partial charge on any atom is -0.780 e. The van der Waals surface area contributed by atoms with E-state index in [2.05, 4.69) is 33.6 Å². The minimum atomic E-state index is -4.33. The zero-order chi connectivity index (χ0) is 13.5. The standard InChI is InChI=1S/2Al.3H2O3S2/c;;3*1-5(2,3)4/h;;3*(H2,1,2,3,4)/q2*+3;;;/p-6. The molecule has 9 nitrogen and oxygen atoms in total. The van der Waals surface area contributed by atoms with Gasteiger partial charge in [0.1, 0.15) is 0 Å². The van der Waals surface area contributed by atoms with Crippen molar-refractivity contribution < 1.29 is 39.9 Å². The van der Waals surface area contributed by atoms with E-state index in [0.29, 0.717) is 0 Å². The van der Waals surface area contributed by atoms with Crippen molar-refractivity contribution in [3.63, 3.8) is 0 Å². The summed E-state index contributed by atoms with van der Waals surface area (Å²) in [7, 11) is -13.0. The summed E-state index contributed by atoms with van der Waals surface area (Å²) in [6.07, 6.45) is 0. The Hall–Kier alpha value is 1.93. The maximum absolute atomic E-state index is 8.89. The second-order valence-corrected chi connectivity index (χ2v) is 7.35. The molecule has 0 unspecified atom stereocenters. The SMILES string of the molecule is O=S([O-])([O-])=S.O=S([O-])([O-])=S.O=S([O-])([O-])=S.[Al+3].[Al+3]. The van der Waals surface area contributed by atoms with E-state index < -0.39 is 27.2 Å². The van der Waals surface area contributed by atoms with Gasteiger partial charge in [0.05, 0.1) is 0 Å². The molecule has 0 aliphatic heterocycles. The van der Waals surface area contributed by atoms with Crippen molar-refractivity contribution in [1.29, 1.82) is 0 Å². The van der Waals surface area contributed by atoms with Gasteiger partial charge in [-0.25, -0.2) is 0 Å². The second-order valence-electron chi connectivity index (χ2n) is 1.22. The van der Waals surface area contributed by atoms with Gasteiger partial charge in [0, 0.05) is 0 Å². The van der Waals surface area contributed by atoms with E-state index in [-0.39, 0.29) is 34.7 Å². The van der Waals surface area contributed by atoms with Gasteiger partial charge in [0.2, 0.25) is 0 Å². The molecule has 0 saturated heterocycles. The number of hydrogen-bond donors (Lipinski definition) is 0. The van der Waals surface area contributed by atoms with Crippen molar-refractivity contribution in [2.75, 3.05) is 0 Å². The van der Waals surface area contributed by atoms with Gasteiger partial charge in [0.15, 0.2) is 0 Å². The van der Waals surface area contributed by atoms with E-state index in [1.54, 1.807) is 0 Å². The summed E-state index contributed by atoms with van der Waals surface area (Å²) in [6.45, 7) is 0. The van der Waals surface area contributed by atoms with Crippen LogP contribution in [0.5, 0.6) is 0 Å². The van der Waals surface area contributed by atoms with Crippen LogP contribution in [0.2, 0.25) is 0 Å². The Morgan fingerprint density at radius 3 is 0.529 bits per heavy atom. The van der Waals surface area contributed by atoms with Gasteiger partial charge >= 0.3 is 34.7 Å². The minimum absolute atomic E-state index is 0. The van der Waals surface area contributed by atoms with Crippen LogP contribution in [0, 0.1) is 0 Å². The summed E-state index contributed by atoms with van der Waals surface area (Å²) in [4.78, 5) is 0. The summed E-state index contributed by atoms with van der Waals surface area (Å²) in [5.74, 6) is 0. The summed E-state index contributed by atoms with van der Waals surface area (Å²) in [6, 6.07) is 0. The predicted octanol–water partition coefficient (Wildman–Crippen LogP) is -3.78. The van der Waals surface area contributed by atoms with E-state index in [9.17, 15) is 0 Å². The maximum Gasteiger partial charge on any atom is 3.00 e. The smallest absolute Gasteiger partial charge is 0.780 e. The van der Waals surface area contributed by atoms with Crippen molar-refractivity contribution in [2.45, 2.75) is 0 Å². The summed E-state index contributed by atoms with van der Waals surface area (Å²) in [5, 5.41) is 0. The van der Waals surface area contributed by atoms with Gasteiger partial charge in [-0.2, -0.15) is 0 Å². The Kier molecular flexibility index (Phi) is 23.9. The van der Waals surface area contributed by atoms with Gasteiger partial charge < -0.3 is 27.3 Å². The third-order valence-corrected chi connectivity index (χ3v) is 0. The van der Waals surface area contributed by atoms with Crippen molar-refractivity contribution in [1.82, 2.24) is 0 Å². The Balaban J connectivity index is -0.0000000400. The molecule has 0 bridgehead atoms. The normalized spacial score (nSPS) is 10.2. The third kappa shape index (κ3) is 1220. The Labute approximate surface area is 134 Å². The van der Waals surface area contributed by atoms with Crippen molar-refractivity contribution in [2.24, 2.45) is 0 Å². The molecule has 0 aromatic heterocycles. The molecule has 0 fully saturated rings. The molecule has 0 atom stereocenters. The monoisotopic (exact) mass is 390 g/mol. The first-order valence-electron chi connectivity index (χ1n) is 2.00. The molecule has 17 heteroatoms. The first-order valence-corrected chi connectivity index (χ1v) is 9.00. The van der Waals surface area contributed by atoms with Crippen LogP contribution in [-0.2, 0) is 60.7 Å². The van der Waals surface area contributed by atoms with Gasteiger partial charge in [-0.1, -0.05) is 0 Å². The number of rotatable bonds is 0. The van der Waals surface area contributed by atoms with Gasteiger partial charge in [-0.15, -0.1) is 27.2 Å². The van der Waals surface area contributed by atoms with Crippen LogP contribution in [-0.4, -0.2) is 74.7 Å². The molecule has 0 aromatic rings. The van der Waals surface area contributed by atoms with Crippen molar-refractivity contribution >= 4 is 95.4 Å². The summed E-state index contributed by atoms with van der Waals surface area (Å²) < 4.78 is 80.0. The second kappa shape index (κ2) is 12.9. The summed E-state index contributed by atoms with van der Waals surface area (Å²) in [5.41, 5.74) is 0. The van der Waals surface area contributed by atoms with Crippen LogP contribution in [0.25, 0.3) is 0 Å². The van der Waals surface area contributed by atoms with E-state index in [4.69, 9.17) is 39.9 Å². The molecule has 0 aliphatic carbocycles. The molecule has 0 rings (SSSR count). The zero-order valence-electron chi connectivity index (χ0n) is 7.28. The van der Waals surface area contributed by atoms with Gasteiger partial charge in [0.25, 0.3) is 0 Å². The Morgan fingerprint density at radius 2 is 0.529 bits per heavy atom. The Morgan fingerprint density at radius 1 is 0.529 bits per heavy atom. The summed E-state index contributed by atoms with van der Waals surface area (Å²) >= 11 is 9.73. The fourth-order valence-electron chi connectivity index (χ4n) is 0. The third-order valence-electron chi connectivity index (χ3n) is 0. The fraction of sp³-hybridized carbons (Fsp3) is 0. The molecule has 17 heavy (non-hydrogen) atoms. The van der Waals surface area contributed by atoms with Crippen LogP contribution in [0.1, 0.15) is 0 Å². The van der Waals surface area contributed by atoms with Gasteiger partial charge in [-0.05, 0) is 33.6 Å². The van der Waals surface area contributed by atoms with E-state index in [1.807, 2.05) is 0 Å². The molecular weight excluding hydrogens is 390 g/mol. The molecule has 0 radical (unpaired) electrons. The van der Waals surface area contributed by atoms with Crippen LogP contribution in [0.4, 0.5) is 0 Å². The molecule has 0 amide bonds. The zero-order valence-corrected chi connectivity index (χ0v) is 14.5. The first-order chi connectivity index (χ1) is 6.00. The first kappa shape index (κ1) is 31.4. The average molecular weight is 390 g/mol. The van der Waals surface area contributed by atoms with E-state index in [1.165, 1.54) is 0 Å². The van der Waals surface area contributed by atoms with Crippen LogP contribution < -0.4 is 0 Å². The molecule has 0 saturated carbocycles. The maximum atomic E-state index is 8.89. The fourth-order valence-corrected chi connectivity index (χ4v) is 0. The Bertz CT molecular complexity index is 344. The van der Waals surface area contributed by atoms with E-state index in [0.717, 1.165) is 0 Å². The molecule has 0 spiro atoms. The van der Waals surface area contributed by atoms with Gasteiger partial charge in [-0.3, -0.25) is 12.6 Å². The molecule has 0 heterocycles.